The van der Waals surface area contributed by atoms with Gasteiger partial charge in [0, 0.05) is 27.1 Å². The Morgan fingerprint density at radius 3 is 0.886 bits per heavy atom. The van der Waals surface area contributed by atoms with E-state index in [1.807, 2.05) is 12.1 Å². The van der Waals surface area contributed by atoms with Crippen LogP contribution in [0.3, 0.4) is 0 Å². The van der Waals surface area contributed by atoms with Crippen molar-refractivity contribution in [2.75, 3.05) is 0 Å². The molecule has 2 heterocycles. The van der Waals surface area contributed by atoms with E-state index >= 15 is 0 Å². The number of nitrogens with zero attached hydrogens (tertiary/aromatic N) is 4. The molecule has 12 rings (SSSR count). The van der Waals surface area contributed by atoms with Gasteiger partial charge in [-0.15, -0.1) is 0 Å². The van der Waals surface area contributed by atoms with Crippen molar-refractivity contribution < 1.29 is 0 Å². The highest BCUT2D eigenvalue weighted by Gasteiger charge is 2.25. The Balaban J connectivity index is 1.18. The monoisotopic (exact) mass is 1020 g/mol. The number of nitriles is 2. The van der Waals surface area contributed by atoms with Crippen molar-refractivity contribution in [1.82, 2.24) is 9.13 Å². The molecule has 0 N–H and O–H groups in total. The van der Waals surface area contributed by atoms with Crippen molar-refractivity contribution >= 4 is 43.6 Å². The summed E-state index contributed by atoms with van der Waals surface area (Å²) >= 11 is 0. The molecule has 4 nitrogen and oxygen atoms in total. The summed E-state index contributed by atoms with van der Waals surface area (Å²) in [5.41, 5.74) is 34.2. The highest BCUT2D eigenvalue weighted by atomic mass is 15.0. The number of hydrogen-bond acceptors (Lipinski definition) is 2. The van der Waals surface area contributed by atoms with Crippen LogP contribution in [0.2, 0.25) is 0 Å². The fourth-order valence-electron chi connectivity index (χ4n) is 14.0. The van der Waals surface area contributed by atoms with E-state index in [1.54, 1.807) is 0 Å². The van der Waals surface area contributed by atoms with Crippen molar-refractivity contribution in [1.29, 1.82) is 10.5 Å². The molecule has 0 aliphatic carbocycles. The molecule has 0 aliphatic rings. The van der Waals surface area contributed by atoms with Gasteiger partial charge in [0.15, 0.2) is 0 Å². The number of fused-ring (bicyclic) bond motifs is 6. The summed E-state index contributed by atoms with van der Waals surface area (Å²) in [4.78, 5) is 0. The van der Waals surface area contributed by atoms with Gasteiger partial charge in [-0.2, -0.15) is 10.5 Å². The molecule has 2 aromatic heterocycles. The molecule has 0 saturated carbocycles. The van der Waals surface area contributed by atoms with Crippen LogP contribution in [-0.4, -0.2) is 9.13 Å². The predicted octanol–water partition coefficient (Wildman–Crippen LogP) is 20.0. The van der Waals surface area contributed by atoms with Gasteiger partial charge >= 0.3 is 0 Å². The second-order valence-electron chi connectivity index (χ2n) is 22.9. The molecule has 0 atom stereocenters. The van der Waals surface area contributed by atoms with Crippen LogP contribution in [-0.2, 0) is 0 Å². The largest absolute Gasteiger partial charge is 0.309 e. The zero-order valence-corrected chi connectivity index (χ0v) is 47.7. The minimum atomic E-state index is 0.536. The van der Waals surface area contributed by atoms with Crippen LogP contribution in [0.5, 0.6) is 0 Å². The van der Waals surface area contributed by atoms with E-state index in [4.69, 9.17) is 0 Å². The van der Waals surface area contributed by atoms with E-state index < -0.39 is 0 Å². The first-order chi connectivity index (χ1) is 37.9. The Labute approximate surface area is 465 Å². The normalized spacial score (nSPS) is 11.6. The van der Waals surface area contributed by atoms with Gasteiger partial charge in [-0.25, -0.2) is 0 Å². The lowest BCUT2D eigenvalue weighted by Gasteiger charge is -2.20. The summed E-state index contributed by atoms with van der Waals surface area (Å²) in [5, 5.41) is 26.7. The van der Waals surface area contributed by atoms with Gasteiger partial charge in [0.2, 0.25) is 0 Å². The fourth-order valence-corrected chi connectivity index (χ4v) is 14.0. The molecule has 0 aliphatic heterocycles. The fraction of sp³-hybridized carbons (Fsp3) is 0.173. The lowest BCUT2D eigenvalue weighted by molar-refractivity contribution is 1.13. The van der Waals surface area contributed by atoms with E-state index in [0.717, 1.165) is 82.8 Å². The number of rotatable bonds is 7. The standard InChI is InChI=1S/C75H64N4/c1-41-22-46(6)72(47(7)23-41)55-14-18-66-62(33-55)63-34-56(73-48(8)24-42(2)25-49(73)9)15-19-67(63)78(66)70-38-61(59-31-45(5)30-54(32-59)39-76)71(37-60(70)40-77)79-68-20-16-57(74-50(10)26-43(3)27-51(74)11)35-64(68)65-36-58(17-21-69(65)79)75-52(12)28-44(4)29-53(75)13/h14-38H,1-13H3. The van der Waals surface area contributed by atoms with Crippen LogP contribution in [0.15, 0.2) is 152 Å². The molecular weight excluding hydrogens is 957 g/mol. The average Bonchev–Trinajstić information content (AvgIpc) is 4.15. The summed E-state index contributed by atoms with van der Waals surface area (Å²) in [6.45, 7) is 28.4. The molecule has 0 spiro atoms. The van der Waals surface area contributed by atoms with Crippen LogP contribution in [0.25, 0.3) is 111 Å². The molecule has 79 heavy (non-hydrogen) atoms. The van der Waals surface area contributed by atoms with Gasteiger partial charge in [0.1, 0.15) is 6.07 Å². The van der Waals surface area contributed by atoms with E-state index in [2.05, 4.69) is 251 Å². The topological polar surface area (TPSA) is 57.4 Å². The first-order valence-electron chi connectivity index (χ1n) is 27.5. The Bertz CT molecular complexity index is 4380. The summed E-state index contributed by atoms with van der Waals surface area (Å²) in [6, 6.07) is 61.4. The minimum Gasteiger partial charge on any atom is -0.309 e. The van der Waals surface area contributed by atoms with Gasteiger partial charge in [-0.3, -0.25) is 0 Å². The quantitative estimate of drug-likeness (QED) is 0.160. The maximum atomic E-state index is 11.7. The summed E-state index contributed by atoms with van der Waals surface area (Å²) in [5.74, 6) is 0. The summed E-state index contributed by atoms with van der Waals surface area (Å²) in [6.07, 6.45) is 0. The summed E-state index contributed by atoms with van der Waals surface area (Å²) in [7, 11) is 0. The molecule has 0 unspecified atom stereocenters. The van der Waals surface area contributed by atoms with Gasteiger partial charge in [-0.05, 0) is 263 Å². The van der Waals surface area contributed by atoms with Crippen molar-refractivity contribution in [3.8, 4) is 79.1 Å². The Morgan fingerprint density at radius 2 is 0.582 bits per heavy atom. The van der Waals surface area contributed by atoms with Crippen LogP contribution in [0.1, 0.15) is 83.5 Å². The van der Waals surface area contributed by atoms with Crippen LogP contribution >= 0.6 is 0 Å². The van der Waals surface area contributed by atoms with Crippen molar-refractivity contribution in [2.24, 2.45) is 0 Å². The second-order valence-corrected chi connectivity index (χ2v) is 22.9. The minimum absolute atomic E-state index is 0.536. The van der Waals surface area contributed by atoms with E-state index in [9.17, 15) is 10.5 Å². The summed E-state index contributed by atoms with van der Waals surface area (Å²) < 4.78 is 4.66. The molecule has 0 radical (unpaired) electrons. The second kappa shape index (κ2) is 19.1. The van der Waals surface area contributed by atoms with Crippen molar-refractivity contribution in [3.05, 3.63) is 235 Å². The van der Waals surface area contributed by atoms with E-state index in [0.29, 0.717) is 11.1 Å². The Hall–Kier alpha value is -9.22. The molecule has 0 saturated heterocycles. The van der Waals surface area contributed by atoms with Crippen molar-refractivity contribution in [2.45, 2.75) is 90.0 Å². The van der Waals surface area contributed by atoms with E-state index in [-0.39, 0.29) is 0 Å². The van der Waals surface area contributed by atoms with E-state index in [1.165, 1.54) is 100 Å². The maximum Gasteiger partial charge on any atom is 0.101 e. The first-order valence-corrected chi connectivity index (χ1v) is 27.5. The molecule has 4 heteroatoms. The highest BCUT2D eigenvalue weighted by molar-refractivity contribution is 6.14. The SMILES string of the molecule is Cc1cc(C#N)cc(-c2cc(-n3c4ccc(-c5c(C)cc(C)cc5C)cc4c4cc(-c5c(C)cc(C)cc5C)ccc43)c(C#N)cc2-n2c3ccc(-c4c(C)cc(C)cc4C)cc3c3cc(-c4c(C)cc(C)cc4C)ccc32)c1. The molecule has 384 valence electrons. The highest BCUT2D eigenvalue weighted by Crippen LogP contribution is 2.46. The first kappa shape index (κ1) is 50.6. The smallest absolute Gasteiger partial charge is 0.101 e. The molecule has 12 aromatic rings. The third kappa shape index (κ3) is 8.43. The van der Waals surface area contributed by atoms with Gasteiger partial charge < -0.3 is 9.13 Å². The Kier molecular flexibility index (Phi) is 12.2. The van der Waals surface area contributed by atoms with Crippen molar-refractivity contribution in [3.63, 3.8) is 0 Å². The third-order valence-corrected chi connectivity index (χ3v) is 16.6. The van der Waals surface area contributed by atoms with Crippen LogP contribution in [0, 0.1) is 113 Å². The zero-order valence-electron chi connectivity index (χ0n) is 47.7. The molecular formula is C75H64N4. The van der Waals surface area contributed by atoms with Gasteiger partial charge in [0.05, 0.1) is 50.6 Å². The number of aryl methyl sites for hydroxylation is 13. The number of benzene rings is 10. The van der Waals surface area contributed by atoms with Gasteiger partial charge in [-0.1, -0.05) is 101 Å². The maximum absolute atomic E-state index is 11.7. The van der Waals surface area contributed by atoms with Crippen LogP contribution in [0.4, 0.5) is 0 Å². The van der Waals surface area contributed by atoms with Gasteiger partial charge in [0.25, 0.3) is 0 Å². The number of hydrogen-bond donors (Lipinski definition) is 0. The molecule has 0 bridgehead atoms. The molecule has 0 fully saturated rings. The zero-order chi connectivity index (χ0) is 55.5. The predicted molar refractivity (Wildman–Crippen MR) is 333 cm³/mol. The lowest BCUT2D eigenvalue weighted by atomic mass is 9.91. The molecule has 10 aromatic carbocycles. The van der Waals surface area contributed by atoms with Crippen LogP contribution < -0.4 is 0 Å². The third-order valence-electron chi connectivity index (χ3n) is 16.6. The lowest BCUT2D eigenvalue weighted by Crippen LogP contribution is -2.04. The Morgan fingerprint density at radius 1 is 0.278 bits per heavy atom. The number of aromatic nitrogens is 2. The molecule has 0 amide bonds. The average molecular weight is 1020 g/mol.